The molecule has 3 heteroatoms. The van der Waals surface area contributed by atoms with Gasteiger partial charge in [-0.2, -0.15) is 0 Å². The number of hydrogen-bond acceptors (Lipinski definition) is 2. The van der Waals surface area contributed by atoms with Crippen molar-refractivity contribution in [3.05, 3.63) is 58.9 Å². The van der Waals surface area contributed by atoms with Crippen LogP contribution in [0.4, 0.5) is 5.69 Å². The minimum atomic E-state index is -0.0851. The Kier molecular flexibility index (Phi) is 3.42. The molecule has 1 aromatic heterocycles. The number of hydrogen-bond donors (Lipinski definition) is 1. The van der Waals surface area contributed by atoms with Crippen LogP contribution in [0.5, 0.6) is 0 Å². The first-order valence-corrected chi connectivity index (χ1v) is 5.87. The van der Waals surface area contributed by atoms with E-state index in [0.717, 1.165) is 22.5 Å². The number of anilines is 1. The van der Waals surface area contributed by atoms with Crippen molar-refractivity contribution in [2.45, 2.75) is 20.8 Å². The summed E-state index contributed by atoms with van der Waals surface area (Å²) in [7, 11) is 0. The fourth-order valence-electron chi connectivity index (χ4n) is 1.89. The second kappa shape index (κ2) is 5.00. The van der Waals surface area contributed by atoms with Crippen molar-refractivity contribution < 1.29 is 4.79 Å². The third-order valence-corrected chi connectivity index (χ3v) is 2.78. The molecular weight excluding hydrogens is 224 g/mol. The summed E-state index contributed by atoms with van der Waals surface area (Å²) in [5, 5.41) is 2.88. The van der Waals surface area contributed by atoms with Crippen LogP contribution in [0.2, 0.25) is 0 Å². The van der Waals surface area contributed by atoms with Gasteiger partial charge in [-0.25, -0.2) is 0 Å². The molecule has 0 saturated heterocycles. The van der Waals surface area contributed by atoms with Gasteiger partial charge < -0.3 is 5.32 Å². The van der Waals surface area contributed by atoms with Crippen molar-refractivity contribution in [3.8, 4) is 0 Å². The molecule has 1 amide bonds. The molecule has 2 rings (SSSR count). The van der Waals surface area contributed by atoms with Gasteiger partial charge in [0, 0.05) is 23.1 Å². The van der Waals surface area contributed by atoms with Crippen molar-refractivity contribution in [1.82, 2.24) is 4.98 Å². The molecule has 0 radical (unpaired) electrons. The summed E-state index contributed by atoms with van der Waals surface area (Å²) >= 11 is 0. The van der Waals surface area contributed by atoms with Gasteiger partial charge in [-0.3, -0.25) is 9.78 Å². The molecule has 18 heavy (non-hydrogen) atoms. The van der Waals surface area contributed by atoms with Crippen LogP contribution >= 0.6 is 0 Å². The van der Waals surface area contributed by atoms with Crippen molar-refractivity contribution in [3.63, 3.8) is 0 Å². The number of nitrogens with zero attached hydrogens (tertiary/aromatic N) is 1. The SMILES string of the molecule is Cc1ccc(C(=O)Nc2ccnc(C)c2)c(C)c1. The van der Waals surface area contributed by atoms with E-state index in [-0.39, 0.29) is 5.91 Å². The van der Waals surface area contributed by atoms with Crippen molar-refractivity contribution in [1.29, 1.82) is 0 Å². The van der Waals surface area contributed by atoms with Crippen LogP contribution < -0.4 is 5.32 Å². The number of carbonyl (C=O) groups is 1. The minimum absolute atomic E-state index is 0.0851. The van der Waals surface area contributed by atoms with E-state index >= 15 is 0 Å². The molecule has 0 aliphatic heterocycles. The third kappa shape index (κ3) is 2.74. The number of pyridine rings is 1. The van der Waals surface area contributed by atoms with E-state index in [1.807, 2.05) is 45.0 Å². The van der Waals surface area contributed by atoms with E-state index in [2.05, 4.69) is 10.3 Å². The van der Waals surface area contributed by atoms with Gasteiger partial charge >= 0.3 is 0 Å². The molecule has 2 aromatic rings. The van der Waals surface area contributed by atoms with Gasteiger partial charge in [0.25, 0.3) is 5.91 Å². The number of carbonyl (C=O) groups excluding carboxylic acids is 1. The predicted molar refractivity (Wildman–Crippen MR) is 72.8 cm³/mol. The van der Waals surface area contributed by atoms with Gasteiger partial charge in [-0.1, -0.05) is 17.7 Å². The first-order chi connectivity index (χ1) is 8.56. The Balaban J connectivity index is 2.22. The Labute approximate surface area is 107 Å². The van der Waals surface area contributed by atoms with E-state index in [4.69, 9.17) is 0 Å². The van der Waals surface area contributed by atoms with Crippen LogP contribution in [0.25, 0.3) is 0 Å². The van der Waals surface area contributed by atoms with Crippen LogP contribution in [0, 0.1) is 20.8 Å². The maximum absolute atomic E-state index is 12.1. The quantitative estimate of drug-likeness (QED) is 0.875. The zero-order chi connectivity index (χ0) is 13.1. The van der Waals surface area contributed by atoms with Crippen molar-refractivity contribution >= 4 is 11.6 Å². The molecule has 92 valence electrons. The molecule has 3 nitrogen and oxygen atoms in total. The van der Waals surface area contributed by atoms with Crippen LogP contribution in [0.15, 0.2) is 36.5 Å². The second-order valence-corrected chi connectivity index (χ2v) is 4.46. The maximum atomic E-state index is 12.1. The van der Waals surface area contributed by atoms with Gasteiger partial charge in [-0.05, 0) is 44.5 Å². The Morgan fingerprint density at radius 2 is 1.89 bits per heavy atom. The summed E-state index contributed by atoms with van der Waals surface area (Å²) in [4.78, 5) is 16.2. The molecule has 1 heterocycles. The molecular formula is C15H16N2O. The van der Waals surface area contributed by atoms with Gasteiger partial charge in [0.05, 0.1) is 0 Å². The summed E-state index contributed by atoms with van der Waals surface area (Å²) < 4.78 is 0. The Morgan fingerprint density at radius 3 is 2.56 bits per heavy atom. The standard InChI is InChI=1S/C15H16N2O/c1-10-4-5-14(11(2)8-10)15(18)17-13-6-7-16-12(3)9-13/h4-9H,1-3H3,(H,16,17,18). The third-order valence-electron chi connectivity index (χ3n) is 2.78. The van der Waals surface area contributed by atoms with Gasteiger partial charge in [0.1, 0.15) is 0 Å². The highest BCUT2D eigenvalue weighted by Crippen LogP contribution is 2.14. The summed E-state index contributed by atoms with van der Waals surface area (Å²) in [6.07, 6.45) is 1.69. The topological polar surface area (TPSA) is 42.0 Å². The molecule has 0 bridgehead atoms. The first kappa shape index (κ1) is 12.3. The highest BCUT2D eigenvalue weighted by molar-refractivity contribution is 6.05. The van der Waals surface area contributed by atoms with Crippen LogP contribution in [-0.4, -0.2) is 10.9 Å². The Bertz CT molecular complexity index is 591. The summed E-state index contributed by atoms with van der Waals surface area (Å²) in [5.74, 6) is -0.0851. The highest BCUT2D eigenvalue weighted by Gasteiger charge is 2.09. The van der Waals surface area contributed by atoms with E-state index in [0.29, 0.717) is 5.56 Å². The second-order valence-electron chi connectivity index (χ2n) is 4.46. The maximum Gasteiger partial charge on any atom is 0.255 e. The lowest BCUT2D eigenvalue weighted by Gasteiger charge is -2.08. The first-order valence-electron chi connectivity index (χ1n) is 5.87. The van der Waals surface area contributed by atoms with Crippen LogP contribution in [0.1, 0.15) is 27.2 Å². The van der Waals surface area contributed by atoms with Crippen molar-refractivity contribution in [2.75, 3.05) is 5.32 Å². The number of aryl methyl sites for hydroxylation is 3. The molecule has 0 aliphatic carbocycles. The lowest BCUT2D eigenvalue weighted by Crippen LogP contribution is -2.13. The summed E-state index contributed by atoms with van der Waals surface area (Å²) in [6, 6.07) is 9.44. The molecule has 0 saturated carbocycles. The summed E-state index contributed by atoms with van der Waals surface area (Å²) in [5.41, 5.74) is 4.50. The van der Waals surface area contributed by atoms with Crippen LogP contribution in [0.3, 0.4) is 0 Å². The Hall–Kier alpha value is -2.16. The average molecular weight is 240 g/mol. The fraction of sp³-hybridized carbons (Fsp3) is 0.200. The zero-order valence-electron chi connectivity index (χ0n) is 10.8. The normalized spacial score (nSPS) is 10.2. The minimum Gasteiger partial charge on any atom is -0.322 e. The van der Waals surface area contributed by atoms with Gasteiger partial charge in [-0.15, -0.1) is 0 Å². The van der Waals surface area contributed by atoms with E-state index in [1.54, 1.807) is 12.3 Å². The number of aromatic nitrogens is 1. The van der Waals surface area contributed by atoms with Gasteiger partial charge in [0.2, 0.25) is 0 Å². The molecule has 0 fully saturated rings. The Morgan fingerprint density at radius 1 is 1.11 bits per heavy atom. The van der Waals surface area contributed by atoms with E-state index in [9.17, 15) is 4.79 Å². The lowest BCUT2D eigenvalue weighted by atomic mass is 10.1. The molecule has 0 spiro atoms. The van der Waals surface area contributed by atoms with Crippen LogP contribution in [-0.2, 0) is 0 Å². The van der Waals surface area contributed by atoms with E-state index < -0.39 is 0 Å². The predicted octanol–water partition coefficient (Wildman–Crippen LogP) is 3.26. The number of rotatable bonds is 2. The number of nitrogens with one attached hydrogen (secondary N) is 1. The molecule has 0 aliphatic rings. The number of amides is 1. The monoisotopic (exact) mass is 240 g/mol. The molecule has 1 N–H and O–H groups in total. The smallest absolute Gasteiger partial charge is 0.255 e. The summed E-state index contributed by atoms with van der Waals surface area (Å²) in [6.45, 7) is 5.85. The molecule has 0 unspecified atom stereocenters. The lowest BCUT2D eigenvalue weighted by molar-refractivity contribution is 0.102. The zero-order valence-corrected chi connectivity index (χ0v) is 10.8. The van der Waals surface area contributed by atoms with Gasteiger partial charge in [0.15, 0.2) is 0 Å². The molecule has 0 atom stereocenters. The molecule has 1 aromatic carbocycles. The van der Waals surface area contributed by atoms with E-state index in [1.165, 1.54) is 0 Å². The highest BCUT2D eigenvalue weighted by atomic mass is 16.1. The largest absolute Gasteiger partial charge is 0.322 e. The number of benzene rings is 1. The average Bonchev–Trinajstić information content (AvgIpc) is 2.28. The van der Waals surface area contributed by atoms with Crippen molar-refractivity contribution in [2.24, 2.45) is 0 Å². The fourth-order valence-corrected chi connectivity index (χ4v) is 1.89.